The Hall–Kier alpha value is -3.91. The molecule has 0 bridgehead atoms. The number of halogens is 1. The number of hydrazone groups is 1. The Labute approximate surface area is 187 Å². The molecule has 32 heavy (non-hydrogen) atoms. The minimum absolute atomic E-state index is 0.125. The van der Waals surface area contributed by atoms with Gasteiger partial charge in [0.1, 0.15) is 5.56 Å². The highest BCUT2D eigenvalue weighted by atomic mass is 35.5. The van der Waals surface area contributed by atoms with Crippen LogP contribution in [0.25, 0.3) is 11.8 Å². The minimum Gasteiger partial charge on any atom is -0.494 e. The normalized spacial score (nSPS) is 14.9. The molecule has 0 spiro atoms. The standard InChI is InChI=1S/C23H19ClN4O4/c1-12-7-8-17(9-13(12)2)28-22(31)18(14(3)26-28)11-19-20(29)25-23(32)27(21(19)30)16-6-4-5-15(24)10-16/h4-11,30H,1-3H3,(H,25,29,32)/b18-11-. The summed E-state index contributed by atoms with van der Waals surface area (Å²) in [5.74, 6) is -1.07. The number of amides is 1. The van der Waals surface area contributed by atoms with Crippen molar-refractivity contribution < 1.29 is 9.90 Å². The Morgan fingerprint density at radius 2 is 1.75 bits per heavy atom. The van der Waals surface area contributed by atoms with Crippen molar-refractivity contribution in [3.63, 3.8) is 0 Å². The van der Waals surface area contributed by atoms with Gasteiger partial charge >= 0.3 is 5.69 Å². The van der Waals surface area contributed by atoms with Crippen LogP contribution < -0.4 is 16.3 Å². The van der Waals surface area contributed by atoms with E-state index in [2.05, 4.69) is 10.1 Å². The molecule has 0 saturated heterocycles. The van der Waals surface area contributed by atoms with Gasteiger partial charge < -0.3 is 5.11 Å². The summed E-state index contributed by atoms with van der Waals surface area (Å²) >= 11 is 5.99. The highest BCUT2D eigenvalue weighted by molar-refractivity contribution is 6.32. The van der Waals surface area contributed by atoms with Gasteiger partial charge in [0.2, 0.25) is 5.88 Å². The Balaban J connectivity index is 1.82. The van der Waals surface area contributed by atoms with E-state index in [0.29, 0.717) is 16.4 Å². The number of carbonyl (C=O) groups excluding carboxylic acids is 1. The second-order valence-corrected chi connectivity index (χ2v) is 7.88. The number of aromatic nitrogens is 2. The maximum absolute atomic E-state index is 13.1. The zero-order chi connectivity index (χ0) is 23.2. The van der Waals surface area contributed by atoms with Crippen LogP contribution in [0.1, 0.15) is 23.6 Å². The molecule has 1 aromatic heterocycles. The highest BCUT2D eigenvalue weighted by Crippen LogP contribution is 2.28. The number of aryl methyl sites for hydroxylation is 2. The SMILES string of the molecule is CC1=NN(c2ccc(C)c(C)c2)C(=O)/C1=C\c1c(O)n(-c2cccc(Cl)c2)c(=O)[nH]c1=O. The van der Waals surface area contributed by atoms with Crippen LogP contribution in [0.2, 0.25) is 5.02 Å². The zero-order valence-corrected chi connectivity index (χ0v) is 18.3. The van der Waals surface area contributed by atoms with Crippen molar-refractivity contribution in [1.29, 1.82) is 0 Å². The van der Waals surface area contributed by atoms with Gasteiger partial charge in [0, 0.05) is 5.02 Å². The summed E-state index contributed by atoms with van der Waals surface area (Å²) in [7, 11) is 0. The molecule has 4 rings (SSSR count). The smallest absolute Gasteiger partial charge is 0.335 e. The number of rotatable bonds is 3. The Morgan fingerprint density at radius 3 is 2.44 bits per heavy atom. The fourth-order valence-electron chi connectivity index (χ4n) is 3.38. The van der Waals surface area contributed by atoms with Gasteiger partial charge in [-0.25, -0.2) is 9.36 Å². The summed E-state index contributed by atoms with van der Waals surface area (Å²) in [6.07, 6.45) is 1.23. The molecule has 1 amide bonds. The number of nitrogens with zero attached hydrogens (tertiary/aromatic N) is 3. The molecular weight excluding hydrogens is 432 g/mol. The van der Waals surface area contributed by atoms with E-state index < -0.39 is 23.0 Å². The number of aromatic hydroxyl groups is 1. The third-order valence-electron chi connectivity index (χ3n) is 5.27. The monoisotopic (exact) mass is 450 g/mol. The van der Waals surface area contributed by atoms with Gasteiger partial charge in [0.15, 0.2) is 0 Å². The number of anilines is 1. The van der Waals surface area contributed by atoms with Crippen LogP contribution in [0.5, 0.6) is 5.88 Å². The molecule has 0 radical (unpaired) electrons. The number of carbonyl (C=O) groups is 1. The number of hydrogen-bond donors (Lipinski definition) is 2. The first-order chi connectivity index (χ1) is 15.2. The lowest BCUT2D eigenvalue weighted by Crippen LogP contribution is -2.30. The second-order valence-electron chi connectivity index (χ2n) is 7.44. The first-order valence-electron chi connectivity index (χ1n) is 9.70. The van der Waals surface area contributed by atoms with E-state index in [4.69, 9.17) is 11.6 Å². The second kappa shape index (κ2) is 7.97. The predicted molar refractivity (Wildman–Crippen MR) is 124 cm³/mol. The van der Waals surface area contributed by atoms with E-state index in [9.17, 15) is 19.5 Å². The maximum atomic E-state index is 13.1. The van der Waals surface area contributed by atoms with E-state index in [-0.39, 0.29) is 16.8 Å². The van der Waals surface area contributed by atoms with Gasteiger partial charge in [0.05, 0.1) is 22.7 Å². The molecule has 162 valence electrons. The number of nitrogens with one attached hydrogen (secondary N) is 1. The van der Waals surface area contributed by atoms with Crippen LogP contribution in [0.15, 0.2) is 62.7 Å². The third kappa shape index (κ3) is 3.65. The summed E-state index contributed by atoms with van der Waals surface area (Å²) in [5.41, 5.74) is 1.51. The van der Waals surface area contributed by atoms with Crippen molar-refractivity contribution >= 4 is 35.0 Å². The van der Waals surface area contributed by atoms with Crippen molar-refractivity contribution in [2.45, 2.75) is 20.8 Å². The first kappa shape index (κ1) is 21.3. The Morgan fingerprint density at radius 1 is 1.00 bits per heavy atom. The van der Waals surface area contributed by atoms with Gasteiger partial charge in [-0.15, -0.1) is 0 Å². The lowest BCUT2D eigenvalue weighted by atomic mass is 10.1. The molecule has 1 aliphatic rings. The topological polar surface area (TPSA) is 108 Å². The summed E-state index contributed by atoms with van der Waals surface area (Å²) < 4.78 is 0.909. The molecule has 0 saturated carbocycles. The van der Waals surface area contributed by atoms with Crippen LogP contribution in [-0.4, -0.2) is 26.3 Å². The number of benzene rings is 2. The average Bonchev–Trinajstić information content (AvgIpc) is 3.01. The van der Waals surface area contributed by atoms with Gasteiger partial charge in [0.25, 0.3) is 11.5 Å². The van der Waals surface area contributed by atoms with Crippen molar-refractivity contribution in [2.75, 3.05) is 5.01 Å². The molecular formula is C23H19ClN4O4. The summed E-state index contributed by atoms with van der Waals surface area (Å²) in [6, 6.07) is 11.7. The van der Waals surface area contributed by atoms with Gasteiger partial charge in [-0.3, -0.25) is 14.6 Å². The molecule has 9 heteroatoms. The van der Waals surface area contributed by atoms with Gasteiger partial charge in [-0.2, -0.15) is 10.1 Å². The molecule has 0 aliphatic carbocycles. The molecule has 2 aromatic carbocycles. The Kier molecular flexibility index (Phi) is 5.31. The van der Waals surface area contributed by atoms with E-state index in [1.54, 1.807) is 31.2 Å². The van der Waals surface area contributed by atoms with Crippen LogP contribution in [0.3, 0.4) is 0 Å². The number of H-pyrrole nitrogens is 1. The fourth-order valence-corrected chi connectivity index (χ4v) is 3.57. The highest BCUT2D eigenvalue weighted by Gasteiger charge is 2.30. The minimum atomic E-state index is -0.836. The first-order valence-corrected chi connectivity index (χ1v) is 10.1. The molecule has 3 aromatic rings. The van der Waals surface area contributed by atoms with E-state index in [0.717, 1.165) is 15.7 Å². The fraction of sp³-hybridized carbons (Fsp3) is 0.130. The number of hydrogen-bond acceptors (Lipinski definition) is 5. The molecule has 8 nitrogen and oxygen atoms in total. The quantitative estimate of drug-likeness (QED) is 0.597. The lowest BCUT2D eigenvalue weighted by Gasteiger charge is -2.13. The Bertz CT molecular complexity index is 1450. The van der Waals surface area contributed by atoms with Crippen molar-refractivity contribution in [1.82, 2.24) is 9.55 Å². The van der Waals surface area contributed by atoms with Gasteiger partial charge in [-0.1, -0.05) is 23.7 Å². The zero-order valence-electron chi connectivity index (χ0n) is 17.5. The summed E-state index contributed by atoms with van der Waals surface area (Å²) in [5, 5.41) is 16.7. The average molecular weight is 451 g/mol. The van der Waals surface area contributed by atoms with Crippen LogP contribution in [0.4, 0.5) is 5.69 Å². The van der Waals surface area contributed by atoms with Crippen molar-refractivity contribution in [2.24, 2.45) is 5.10 Å². The summed E-state index contributed by atoms with van der Waals surface area (Å²) in [6.45, 7) is 5.53. The van der Waals surface area contributed by atoms with Crippen LogP contribution in [0, 0.1) is 13.8 Å². The summed E-state index contributed by atoms with van der Waals surface area (Å²) in [4.78, 5) is 40.1. The third-order valence-corrected chi connectivity index (χ3v) is 5.51. The van der Waals surface area contributed by atoms with E-state index in [1.165, 1.54) is 17.2 Å². The maximum Gasteiger partial charge on any atom is 0.335 e. The van der Waals surface area contributed by atoms with Crippen molar-refractivity contribution in [3.05, 3.63) is 90.6 Å². The molecule has 2 N–H and O–H groups in total. The molecule has 0 fully saturated rings. The molecule has 2 heterocycles. The van der Waals surface area contributed by atoms with Crippen molar-refractivity contribution in [3.8, 4) is 11.6 Å². The van der Waals surface area contributed by atoms with Crippen LogP contribution >= 0.6 is 11.6 Å². The molecule has 1 aliphatic heterocycles. The van der Waals surface area contributed by atoms with E-state index in [1.807, 2.05) is 26.0 Å². The molecule has 0 atom stereocenters. The lowest BCUT2D eigenvalue weighted by molar-refractivity contribution is -0.114. The number of aromatic amines is 1. The van der Waals surface area contributed by atoms with Gasteiger partial charge in [-0.05, 0) is 68.3 Å². The largest absolute Gasteiger partial charge is 0.494 e. The van der Waals surface area contributed by atoms with Crippen LogP contribution in [-0.2, 0) is 4.79 Å². The van der Waals surface area contributed by atoms with E-state index >= 15 is 0 Å². The molecule has 0 unspecified atom stereocenters. The predicted octanol–water partition coefficient (Wildman–Crippen LogP) is 3.31.